The number of aromatic nitrogens is 2. The summed E-state index contributed by atoms with van der Waals surface area (Å²) in [7, 11) is -2.15. The SMILES string of the molecule is COc1cccc(S(=O)(=O)N2CCCCN3[C@H](C2)[C@@H](c2ccc(-c4cncnc4)cc2)[C@@H]3CO)c1. The minimum atomic E-state index is -3.68. The van der Waals surface area contributed by atoms with Crippen molar-refractivity contribution in [2.45, 2.75) is 35.7 Å². The highest BCUT2D eigenvalue weighted by molar-refractivity contribution is 7.89. The zero-order valence-electron chi connectivity index (χ0n) is 19.7. The summed E-state index contributed by atoms with van der Waals surface area (Å²) < 4.78 is 34.0. The maximum atomic E-state index is 13.6. The largest absolute Gasteiger partial charge is 0.497 e. The monoisotopic (exact) mass is 494 g/mol. The predicted octanol–water partition coefficient (Wildman–Crippen LogP) is 2.77. The standard InChI is InChI=1S/C26H30N4O4S/c1-34-22-5-4-6-23(13-22)35(32,33)29-11-2-3-12-30-24(16-29)26(25(30)17-31)20-9-7-19(8-10-20)21-14-27-18-28-15-21/h4-10,13-15,18,24-26,31H,2-3,11-12,16-17H2,1H3/t24-,25+,26-/m1/s1. The summed E-state index contributed by atoms with van der Waals surface area (Å²) >= 11 is 0. The Kier molecular flexibility index (Phi) is 6.84. The van der Waals surface area contributed by atoms with E-state index in [9.17, 15) is 13.5 Å². The fourth-order valence-corrected chi connectivity index (χ4v) is 6.92. The summed E-state index contributed by atoms with van der Waals surface area (Å²) in [6, 6.07) is 14.9. The fraction of sp³-hybridized carbons (Fsp3) is 0.385. The second-order valence-corrected chi connectivity index (χ2v) is 11.0. The third-order valence-corrected chi connectivity index (χ3v) is 9.06. The molecule has 2 saturated heterocycles. The van der Waals surface area contributed by atoms with Crippen molar-refractivity contribution in [2.24, 2.45) is 0 Å². The lowest BCUT2D eigenvalue weighted by Gasteiger charge is -2.57. The normalized spacial score (nSPS) is 23.5. The number of aliphatic hydroxyl groups is 1. The first kappa shape index (κ1) is 23.9. The van der Waals surface area contributed by atoms with Crippen LogP contribution in [0.4, 0.5) is 0 Å². The van der Waals surface area contributed by atoms with Crippen molar-refractivity contribution in [1.82, 2.24) is 19.2 Å². The predicted molar refractivity (Wildman–Crippen MR) is 133 cm³/mol. The minimum Gasteiger partial charge on any atom is -0.497 e. The first-order valence-corrected chi connectivity index (χ1v) is 13.3. The molecule has 184 valence electrons. The van der Waals surface area contributed by atoms with E-state index in [1.165, 1.54) is 13.4 Å². The van der Waals surface area contributed by atoms with Gasteiger partial charge < -0.3 is 9.84 Å². The lowest BCUT2D eigenvalue weighted by Crippen LogP contribution is -2.67. The molecular weight excluding hydrogens is 464 g/mol. The van der Waals surface area contributed by atoms with Crippen molar-refractivity contribution in [3.63, 3.8) is 0 Å². The molecule has 3 heterocycles. The van der Waals surface area contributed by atoms with Gasteiger partial charge in [-0.05, 0) is 42.6 Å². The smallest absolute Gasteiger partial charge is 0.243 e. The molecule has 0 aliphatic carbocycles. The van der Waals surface area contributed by atoms with E-state index in [1.807, 2.05) is 12.1 Å². The number of sulfonamides is 1. The number of hydrogen-bond donors (Lipinski definition) is 1. The van der Waals surface area contributed by atoms with Crippen molar-refractivity contribution in [3.05, 3.63) is 72.8 Å². The molecule has 0 spiro atoms. The molecule has 2 aliphatic heterocycles. The summed E-state index contributed by atoms with van der Waals surface area (Å²) in [6.07, 6.45) is 6.73. The van der Waals surface area contributed by atoms with Gasteiger partial charge in [0.15, 0.2) is 0 Å². The maximum absolute atomic E-state index is 13.6. The zero-order valence-corrected chi connectivity index (χ0v) is 20.5. The van der Waals surface area contributed by atoms with Gasteiger partial charge in [-0.3, -0.25) is 4.90 Å². The first-order valence-electron chi connectivity index (χ1n) is 11.9. The molecule has 3 aromatic rings. The second kappa shape index (κ2) is 10.0. The van der Waals surface area contributed by atoms with Crippen LogP contribution in [0.3, 0.4) is 0 Å². The molecule has 9 heteroatoms. The van der Waals surface area contributed by atoms with E-state index in [-0.39, 0.29) is 29.5 Å². The third-order valence-electron chi connectivity index (χ3n) is 7.20. The molecule has 2 aromatic carbocycles. The Balaban J connectivity index is 1.42. The number of ether oxygens (including phenoxy) is 1. The Bertz CT molecular complexity index is 1250. The van der Waals surface area contributed by atoms with Crippen LogP contribution in [0, 0.1) is 0 Å². The van der Waals surface area contributed by atoms with Gasteiger partial charge in [-0.2, -0.15) is 4.31 Å². The number of rotatable bonds is 6. The van der Waals surface area contributed by atoms with Gasteiger partial charge in [0.1, 0.15) is 12.1 Å². The van der Waals surface area contributed by atoms with Gasteiger partial charge in [-0.25, -0.2) is 18.4 Å². The van der Waals surface area contributed by atoms with Crippen LogP contribution in [-0.2, 0) is 10.0 Å². The molecule has 35 heavy (non-hydrogen) atoms. The minimum absolute atomic E-state index is 0.00117. The van der Waals surface area contributed by atoms with Crippen molar-refractivity contribution in [3.8, 4) is 16.9 Å². The van der Waals surface area contributed by atoms with Crippen molar-refractivity contribution < 1.29 is 18.3 Å². The third kappa shape index (κ3) is 4.56. The van der Waals surface area contributed by atoms with Gasteiger partial charge in [-0.15, -0.1) is 0 Å². The Morgan fingerprint density at radius 3 is 2.49 bits per heavy atom. The Morgan fingerprint density at radius 1 is 1.03 bits per heavy atom. The van der Waals surface area contributed by atoms with Crippen LogP contribution < -0.4 is 4.74 Å². The summed E-state index contributed by atoms with van der Waals surface area (Å²) in [5, 5.41) is 10.2. The van der Waals surface area contributed by atoms with E-state index in [4.69, 9.17) is 4.74 Å². The summed E-state index contributed by atoms with van der Waals surface area (Å²) in [5.41, 5.74) is 3.06. The zero-order chi connectivity index (χ0) is 24.4. The molecule has 0 amide bonds. The van der Waals surface area contributed by atoms with Gasteiger partial charge in [0.25, 0.3) is 0 Å². The number of fused-ring (bicyclic) bond motifs is 1. The maximum Gasteiger partial charge on any atom is 0.243 e. The van der Waals surface area contributed by atoms with Crippen molar-refractivity contribution >= 4 is 10.0 Å². The topological polar surface area (TPSA) is 95.9 Å². The molecule has 8 nitrogen and oxygen atoms in total. The van der Waals surface area contributed by atoms with Crippen LogP contribution in [0.1, 0.15) is 24.3 Å². The number of methoxy groups -OCH3 is 1. The summed E-state index contributed by atoms with van der Waals surface area (Å²) in [4.78, 5) is 10.7. The lowest BCUT2D eigenvalue weighted by molar-refractivity contribution is -0.0553. The lowest BCUT2D eigenvalue weighted by atomic mass is 9.74. The molecule has 0 radical (unpaired) electrons. The molecule has 2 aliphatic rings. The molecule has 5 rings (SSSR count). The van der Waals surface area contributed by atoms with Crippen LogP contribution in [0.25, 0.3) is 11.1 Å². The Labute approximate surface area is 206 Å². The van der Waals surface area contributed by atoms with E-state index in [1.54, 1.807) is 41.0 Å². The fourth-order valence-electron chi connectivity index (χ4n) is 5.38. The quantitative estimate of drug-likeness (QED) is 0.563. The number of nitrogens with zero attached hydrogens (tertiary/aromatic N) is 4. The summed E-state index contributed by atoms with van der Waals surface area (Å²) in [5.74, 6) is 0.563. The molecular formula is C26H30N4O4S. The van der Waals surface area contributed by atoms with Crippen molar-refractivity contribution in [2.75, 3.05) is 33.4 Å². The van der Waals surface area contributed by atoms with E-state index in [2.05, 4.69) is 27.0 Å². The number of benzene rings is 2. The average Bonchev–Trinajstić information content (AvgIpc) is 2.88. The number of aliphatic hydroxyl groups excluding tert-OH is 1. The van der Waals surface area contributed by atoms with Crippen LogP contribution >= 0.6 is 0 Å². The Hall–Kier alpha value is -2.85. The number of hydrogen-bond acceptors (Lipinski definition) is 7. The second-order valence-electron chi connectivity index (χ2n) is 9.08. The van der Waals surface area contributed by atoms with Crippen LogP contribution in [-0.4, -0.2) is 78.1 Å². The average molecular weight is 495 g/mol. The van der Waals surface area contributed by atoms with Crippen molar-refractivity contribution in [1.29, 1.82) is 0 Å². The molecule has 2 fully saturated rings. The van der Waals surface area contributed by atoms with Gasteiger partial charge in [-0.1, -0.05) is 30.3 Å². The molecule has 0 saturated carbocycles. The van der Waals surface area contributed by atoms with Gasteiger partial charge in [0.2, 0.25) is 10.0 Å². The highest BCUT2D eigenvalue weighted by Crippen LogP contribution is 2.43. The Morgan fingerprint density at radius 2 is 1.77 bits per heavy atom. The highest BCUT2D eigenvalue weighted by Gasteiger charge is 2.50. The highest BCUT2D eigenvalue weighted by atomic mass is 32.2. The van der Waals surface area contributed by atoms with E-state index in [0.717, 1.165) is 36.1 Å². The summed E-state index contributed by atoms with van der Waals surface area (Å²) in [6.45, 7) is 1.76. The molecule has 0 bridgehead atoms. The van der Waals surface area contributed by atoms with Gasteiger partial charge in [0.05, 0.1) is 18.6 Å². The van der Waals surface area contributed by atoms with Gasteiger partial charge >= 0.3 is 0 Å². The van der Waals surface area contributed by atoms with E-state index >= 15 is 0 Å². The molecule has 0 unspecified atom stereocenters. The van der Waals surface area contributed by atoms with E-state index in [0.29, 0.717) is 18.8 Å². The molecule has 1 aromatic heterocycles. The van der Waals surface area contributed by atoms with Crippen LogP contribution in [0.2, 0.25) is 0 Å². The molecule has 1 N–H and O–H groups in total. The first-order chi connectivity index (χ1) is 17.0. The molecule has 3 atom stereocenters. The van der Waals surface area contributed by atoms with Gasteiger partial charge in [0, 0.05) is 55.1 Å². The van der Waals surface area contributed by atoms with Crippen LogP contribution in [0.5, 0.6) is 5.75 Å². The van der Waals surface area contributed by atoms with E-state index < -0.39 is 10.0 Å². The van der Waals surface area contributed by atoms with Crippen LogP contribution in [0.15, 0.2) is 72.1 Å².